The van der Waals surface area contributed by atoms with E-state index in [4.69, 9.17) is 16.7 Å². The number of carboxylic acid groups (broad SMARTS) is 1. The average Bonchev–Trinajstić information content (AvgIpc) is 2.32. The van der Waals surface area contributed by atoms with E-state index in [-0.39, 0.29) is 17.1 Å². The summed E-state index contributed by atoms with van der Waals surface area (Å²) in [5.74, 6) is -1.75. The van der Waals surface area contributed by atoms with E-state index in [1.54, 1.807) is 0 Å². The third kappa shape index (κ3) is 4.70. The molecule has 1 rings (SSSR count). The molecule has 8 heteroatoms. The molecule has 104 valence electrons. The molecule has 0 radical (unpaired) electrons. The van der Waals surface area contributed by atoms with Gasteiger partial charge in [0, 0.05) is 13.0 Å². The molecule has 0 aliphatic rings. The second-order valence-electron chi connectivity index (χ2n) is 3.82. The first-order chi connectivity index (χ1) is 8.91. The van der Waals surface area contributed by atoms with Crippen molar-refractivity contribution < 1.29 is 19.2 Å². The molecule has 0 fully saturated rings. The highest BCUT2D eigenvalue weighted by Gasteiger charge is 2.17. The third-order valence-corrected chi connectivity index (χ3v) is 2.66. The molecule has 2 N–H and O–H groups in total. The van der Waals surface area contributed by atoms with Crippen LogP contribution in [0.25, 0.3) is 0 Å². The normalized spacial score (nSPS) is 10.2. The molecule has 0 amide bonds. The molecule has 0 atom stereocenters. The first kappa shape index (κ1) is 15.2. The molecule has 1 aromatic rings. The minimum Gasteiger partial charge on any atom is -0.481 e. The maximum atomic E-state index is 13.1. The zero-order valence-corrected chi connectivity index (χ0v) is 10.6. The molecule has 0 saturated heterocycles. The molecule has 1 aromatic carbocycles. The van der Waals surface area contributed by atoms with Gasteiger partial charge >= 0.3 is 5.97 Å². The van der Waals surface area contributed by atoms with Crippen LogP contribution in [0.4, 0.5) is 15.8 Å². The van der Waals surface area contributed by atoms with Gasteiger partial charge in [-0.05, 0) is 18.9 Å². The summed E-state index contributed by atoms with van der Waals surface area (Å²) >= 11 is 5.56. The summed E-state index contributed by atoms with van der Waals surface area (Å²) in [6, 6.07) is 1.90. The minimum atomic E-state index is -0.893. The number of carboxylic acids is 1. The summed E-state index contributed by atoms with van der Waals surface area (Å²) in [6.45, 7) is 0.343. The number of nitrogens with zero attached hydrogens (tertiary/aromatic N) is 1. The molecule has 19 heavy (non-hydrogen) atoms. The second kappa shape index (κ2) is 6.89. The Kier molecular flexibility index (Phi) is 5.50. The van der Waals surface area contributed by atoms with E-state index in [0.29, 0.717) is 19.4 Å². The van der Waals surface area contributed by atoms with Gasteiger partial charge in [0.05, 0.1) is 16.0 Å². The second-order valence-corrected chi connectivity index (χ2v) is 4.23. The van der Waals surface area contributed by atoms with Crippen LogP contribution in [0.1, 0.15) is 19.3 Å². The summed E-state index contributed by atoms with van der Waals surface area (Å²) in [5.41, 5.74) is -0.285. The maximum absolute atomic E-state index is 13.1. The van der Waals surface area contributed by atoms with Crippen molar-refractivity contribution in [2.45, 2.75) is 19.3 Å². The van der Waals surface area contributed by atoms with Gasteiger partial charge in [0.25, 0.3) is 5.69 Å². The Morgan fingerprint density at radius 3 is 2.74 bits per heavy atom. The van der Waals surface area contributed by atoms with Gasteiger partial charge in [0.1, 0.15) is 11.5 Å². The number of nitro groups is 1. The Hall–Kier alpha value is -1.89. The van der Waals surface area contributed by atoms with Crippen molar-refractivity contribution in [3.8, 4) is 0 Å². The molecule has 0 saturated carbocycles. The van der Waals surface area contributed by atoms with Gasteiger partial charge < -0.3 is 10.4 Å². The monoisotopic (exact) mass is 290 g/mol. The predicted molar refractivity (Wildman–Crippen MR) is 68.0 cm³/mol. The van der Waals surface area contributed by atoms with Crippen LogP contribution >= 0.6 is 11.6 Å². The maximum Gasteiger partial charge on any atom is 0.303 e. The van der Waals surface area contributed by atoms with Crippen molar-refractivity contribution in [3.63, 3.8) is 0 Å². The van der Waals surface area contributed by atoms with Crippen molar-refractivity contribution in [3.05, 3.63) is 33.1 Å². The van der Waals surface area contributed by atoms with Crippen LogP contribution in [-0.4, -0.2) is 22.5 Å². The quantitative estimate of drug-likeness (QED) is 0.457. The first-order valence-electron chi connectivity index (χ1n) is 5.51. The van der Waals surface area contributed by atoms with Crippen LogP contribution in [0.5, 0.6) is 0 Å². The van der Waals surface area contributed by atoms with Crippen LogP contribution in [0, 0.1) is 15.9 Å². The molecule has 0 aliphatic heterocycles. The van der Waals surface area contributed by atoms with E-state index in [2.05, 4.69) is 5.32 Å². The summed E-state index contributed by atoms with van der Waals surface area (Å²) < 4.78 is 13.1. The lowest BCUT2D eigenvalue weighted by Gasteiger charge is -2.07. The smallest absolute Gasteiger partial charge is 0.303 e. The number of hydrogen-bond acceptors (Lipinski definition) is 4. The lowest BCUT2D eigenvalue weighted by molar-refractivity contribution is -0.384. The van der Waals surface area contributed by atoms with E-state index in [1.807, 2.05) is 0 Å². The summed E-state index contributed by atoms with van der Waals surface area (Å²) in [7, 11) is 0. The largest absolute Gasteiger partial charge is 0.481 e. The van der Waals surface area contributed by atoms with Gasteiger partial charge in [-0.1, -0.05) is 11.6 Å². The van der Waals surface area contributed by atoms with Gasteiger partial charge in [0.15, 0.2) is 0 Å². The van der Waals surface area contributed by atoms with E-state index >= 15 is 0 Å². The van der Waals surface area contributed by atoms with Gasteiger partial charge in [-0.3, -0.25) is 14.9 Å². The number of nitro benzene ring substituents is 1. The molecule has 6 nitrogen and oxygen atoms in total. The van der Waals surface area contributed by atoms with Crippen molar-refractivity contribution in [2.75, 3.05) is 11.9 Å². The van der Waals surface area contributed by atoms with E-state index in [1.165, 1.54) is 0 Å². The van der Waals surface area contributed by atoms with Crippen LogP contribution in [-0.2, 0) is 4.79 Å². The first-order valence-corrected chi connectivity index (χ1v) is 5.88. The van der Waals surface area contributed by atoms with Crippen LogP contribution in [0.3, 0.4) is 0 Å². The Bertz CT molecular complexity index is 496. The predicted octanol–water partition coefficient (Wildman–Crippen LogP) is 3.05. The average molecular weight is 291 g/mol. The molecular weight excluding hydrogens is 279 g/mol. The van der Waals surface area contributed by atoms with Crippen LogP contribution in [0.2, 0.25) is 5.02 Å². The third-order valence-electron chi connectivity index (χ3n) is 2.37. The molecule has 0 aromatic heterocycles. The number of unbranched alkanes of at least 4 members (excludes halogenated alkanes) is 1. The van der Waals surface area contributed by atoms with Crippen molar-refractivity contribution in [1.82, 2.24) is 0 Å². The highest BCUT2D eigenvalue weighted by atomic mass is 35.5. The van der Waals surface area contributed by atoms with Crippen LogP contribution < -0.4 is 5.32 Å². The number of anilines is 1. The fourth-order valence-corrected chi connectivity index (χ4v) is 1.62. The zero-order chi connectivity index (χ0) is 14.4. The summed E-state index contributed by atoms with van der Waals surface area (Å²) in [5, 5.41) is 21.7. The number of halogens is 2. The highest BCUT2D eigenvalue weighted by molar-refractivity contribution is 6.31. The summed E-state index contributed by atoms with van der Waals surface area (Å²) in [6.07, 6.45) is 1.01. The minimum absolute atomic E-state index is 0.0357. The summed E-state index contributed by atoms with van der Waals surface area (Å²) in [4.78, 5) is 20.3. The molecule has 0 unspecified atom stereocenters. The Morgan fingerprint density at radius 1 is 1.47 bits per heavy atom. The molecule has 0 bridgehead atoms. The SMILES string of the molecule is O=C(O)CCCCNc1cc(Cl)c(F)cc1[N+](=O)[O-]. The Morgan fingerprint density at radius 2 is 2.16 bits per heavy atom. The molecule has 0 heterocycles. The van der Waals surface area contributed by atoms with Gasteiger partial charge in [-0.2, -0.15) is 0 Å². The molecular formula is C11H12ClFN2O4. The zero-order valence-electron chi connectivity index (χ0n) is 9.86. The van der Waals surface area contributed by atoms with E-state index < -0.39 is 22.4 Å². The Balaban J connectivity index is 2.64. The van der Waals surface area contributed by atoms with E-state index in [0.717, 1.165) is 12.1 Å². The van der Waals surface area contributed by atoms with Gasteiger partial charge in [-0.25, -0.2) is 4.39 Å². The number of rotatable bonds is 7. The van der Waals surface area contributed by atoms with Crippen molar-refractivity contribution in [1.29, 1.82) is 0 Å². The number of aliphatic carboxylic acids is 1. The van der Waals surface area contributed by atoms with Gasteiger partial charge in [0.2, 0.25) is 0 Å². The fourth-order valence-electron chi connectivity index (χ4n) is 1.45. The van der Waals surface area contributed by atoms with Gasteiger partial charge in [-0.15, -0.1) is 0 Å². The van der Waals surface area contributed by atoms with Crippen LogP contribution in [0.15, 0.2) is 12.1 Å². The lowest BCUT2D eigenvalue weighted by atomic mass is 10.2. The van der Waals surface area contributed by atoms with Crippen molar-refractivity contribution >= 4 is 28.9 Å². The topological polar surface area (TPSA) is 92.5 Å². The molecule has 0 aliphatic carbocycles. The number of hydrogen-bond donors (Lipinski definition) is 2. The molecule has 0 spiro atoms. The number of benzene rings is 1. The standard InChI is InChI=1S/C11H12ClFN2O4/c12-7-5-9(10(15(18)19)6-8(7)13)14-4-2-1-3-11(16)17/h5-6,14H,1-4H2,(H,16,17). The number of nitrogens with one attached hydrogen (secondary N) is 1. The number of carbonyl (C=O) groups is 1. The highest BCUT2D eigenvalue weighted by Crippen LogP contribution is 2.30. The van der Waals surface area contributed by atoms with E-state index in [9.17, 15) is 19.3 Å². The fraction of sp³-hybridized carbons (Fsp3) is 0.364. The lowest BCUT2D eigenvalue weighted by Crippen LogP contribution is -2.06. The Labute approximate surface area is 113 Å². The van der Waals surface area contributed by atoms with Crippen molar-refractivity contribution in [2.24, 2.45) is 0 Å².